The maximum atomic E-state index is 12.9. The molecule has 0 radical (unpaired) electrons. The highest BCUT2D eigenvalue weighted by Gasteiger charge is 2.26. The molecule has 136 valence electrons. The normalized spacial score (nSPS) is 12.5. The Morgan fingerprint density at radius 1 is 1.19 bits per heavy atom. The summed E-state index contributed by atoms with van der Waals surface area (Å²) in [7, 11) is 2.92. The van der Waals surface area contributed by atoms with Crippen molar-refractivity contribution in [2.24, 2.45) is 0 Å². The topological polar surface area (TPSA) is 59.1 Å². The lowest BCUT2D eigenvalue weighted by Crippen LogP contribution is -2.32. The molecule has 0 N–H and O–H groups in total. The quantitative estimate of drug-likeness (QED) is 0.764. The van der Waals surface area contributed by atoms with E-state index in [2.05, 4.69) is 0 Å². The molecule has 0 atom stereocenters. The van der Waals surface area contributed by atoms with Gasteiger partial charge < -0.3 is 9.64 Å². The van der Waals surface area contributed by atoms with E-state index in [-0.39, 0.29) is 24.7 Å². The second-order valence-electron chi connectivity index (χ2n) is 5.88. The molecule has 2 aromatic carbocycles. The van der Waals surface area contributed by atoms with Crippen molar-refractivity contribution in [2.75, 3.05) is 19.1 Å². The molecule has 0 bridgehead atoms. The van der Waals surface area contributed by atoms with Gasteiger partial charge in [0.15, 0.2) is 5.75 Å². The minimum atomic E-state index is -0.265. The fraction of sp³-hybridized carbons (Fsp3) is 0.263. The maximum Gasteiger partial charge on any atom is 0.246 e. The van der Waals surface area contributed by atoms with Crippen molar-refractivity contribution in [3.05, 3.63) is 53.1 Å². The zero-order valence-corrected chi connectivity index (χ0v) is 15.3. The third-order valence-corrected chi connectivity index (χ3v) is 4.45. The second kappa shape index (κ2) is 7.76. The Morgan fingerprint density at radius 2 is 1.96 bits per heavy atom. The van der Waals surface area contributed by atoms with Gasteiger partial charge in [-0.3, -0.25) is 14.4 Å². The van der Waals surface area contributed by atoms with E-state index in [1.165, 1.54) is 14.2 Å². The van der Waals surface area contributed by atoms with E-state index < -0.39 is 0 Å². The predicted octanol–water partition coefficient (Wildman–Crippen LogP) is 3.78. The van der Waals surface area contributed by atoms with Gasteiger partial charge in [-0.25, -0.2) is 5.06 Å². The van der Waals surface area contributed by atoms with E-state index in [9.17, 15) is 9.59 Å². The molecule has 0 fully saturated rings. The monoisotopic (exact) mass is 374 g/mol. The van der Waals surface area contributed by atoms with Crippen LogP contribution in [0.1, 0.15) is 18.4 Å². The Balaban J connectivity index is 1.88. The molecule has 3 rings (SSSR count). The number of hydroxylamine groups is 2. The summed E-state index contributed by atoms with van der Waals surface area (Å²) in [6.45, 7) is 0.344. The smallest absolute Gasteiger partial charge is 0.246 e. The van der Waals surface area contributed by atoms with Crippen molar-refractivity contribution in [1.82, 2.24) is 5.06 Å². The molecule has 1 aliphatic heterocycles. The number of hydrogen-bond donors (Lipinski definition) is 0. The number of hydrogen-bond acceptors (Lipinski definition) is 4. The Bertz CT molecular complexity index is 840. The molecule has 0 saturated heterocycles. The van der Waals surface area contributed by atoms with Gasteiger partial charge in [-0.1, -0.05) is 29.8 Å². The summed E-state index contributed by atoms with van der Waals surface area (Å²) in [4.78, 5) is 31.2. The van der Waals surface area contributed by atoms with Crippen LogP contribution in [0.4, 0.5) is 5.69 Å². The lowest BCUT2D eigenvalue weighted by molar-refractivity contribution is -0.169. The van der Waals surface area contributed by atoms with Gasteiger partial charge in [0.05, 0.1) is 19.3 Å². The summed E-state index contributed by atoms with van der Waals surface area (Å²) < 4.78 is 5.97. The first kappa shape index (κ1) is 18.2. The SMILES string of the molecule is CON(C)C(=O)CCC(=O)N1Cc2ccccc2Oc2ccc(Cl)cc21. The Hall–Kier alpha value is -2.57. The average molecular weight is 375 g/mol. The van der Waals surface area contributed by atoms with Gasteiger partial charge in [-0.05, 0) is 24.3 Å². The van der Waals surface area contributed by atoms with Gasteiger partial charge in [-0.15, -0.1) is 0 Å². The van der Waals surface area contributed by atoms with Gasteiger partial charge in [0.25, 0.3) is 0 Å². The molecule has 0 aromatic heterocycles. The molecule has 7 heteroatoms. The van der Waals surface area contributed by atoms with Crippen LogP contribution in [0.15, 0.2) is 42.5 Å². The number of para-hydroxylation sites is 1. The highest BCUT2D eigenvalue weighted by molar-refractivity contribution is 6.31. The van der Waals surface area contributed by atoms with Crippen molar-refractivity contribution in [3.63, 3.8) is 0 Å². The van der Waals surface area contributed by atoms with Gasteiger partial charge in [0, 0.05) is 30.5 Å². The maximum absolute atomic E-state index is 12.9. The first-order valence-corrected chi connectivity index (χ1v) is 8.53. The van der Waals surface area contributed by atoms with E-state index in [1.54, 1.807) is 23.1 Å². The standard InChI is InChI=1S/C19H19ClN2O4/c1-21(25-2)18(23)9-10-19(24)22-12-13-5-3-4-6-16(13)26-17-8-7-14(20)11-15(17)22/h3-8,11H,9-10,12H2,1-2H3. The van der Waals surface area contributed by atoms with Crippen LogP contribution in [0, 0.1) is 0 Å². The number of rotatable bonds is 4. The third-order valence-electron chi connectivity index (χ3n) is 4.21. The summed E-state index contributed by atoms with van der Waals surface area (Å²) in [5, 5.41) is 1.62. The van der Waals surface area contributed by atoms with Crippen LogP contribution in [0.25, 0.3) is 0 Å². The molecule has 2 aromatic rings. The van der Waals surface area contributed by atoms with E-state index in [4.69, 9.17) is 21.2 Å². The molecular weight excluding hydrogens is 356 g/mol. The number of anilines is 1. The van der Waals surface area contributed by atoms with Crippen LogP contribution < -0.4 is 9.64 Å². The Labute approximate surface area is 156 Å². The number of amides is 2. The number of ether oxygens (including phenoxy) is 1. The molecule has 26 heavy (non-hydrogen) atoms. The van der Waals surface area contributed by atoms with E-state index >= 15 is 0 Å². The van der Waals surface area contributed by atoms with Crippen LogP contribution in [0.3, 0.4) is 0 Å². The van der Waals surface area contributed by atoms with Crippen LogP contribution in [0.2, 0.25) is 5.02 Å². The molecule has 1 aliphatic rings. The molecule has 0 spiro atoms. The predicted molar refractivity (Wildman–Crippen MR) is 98.2 cm³/mol. The Kier molecular flexibility index (Phi) is 5.44. The van der Waals surface area contributed by atoms with Crippen molar-refractivity contribution in [3.8, 4) is 11.5 Å². The van der Waals surface area contributed by atoms with Crippen LogP contribution in [0.5, 0.6) is 11.5 Å². The van der Waals surface area contributed by atoms with E-state index in [0.29, 0.717) is 28.8 Å². The number of carbonyl (C=O) groups excluding carboxylic acids is 2. The van der Waals surface area contributed by atoms with Gasteiger partial charge >= 0.3 is 0 Å². The van der Waals surface area contributed by atoms with Crippen molar-refractivity contribution in [1.29, 1.82) is 0 Å². The van der Waals surface area contributed by atoms with Crippen molar-refractivity contribution >= 4 is 29.1 Å². The fourth-order valence-electron chi connectivity index (χ4n) is 2.73. The number of halogens is 1. The van der Waals surface area contributed by atoms with E-state index in [1.807, 2.05) is 24.3 Å². The minimum absolute atomic E-state index is 0.0536. The molecule has 0 aliphatic carbocycles. The van der Waals surface area contributed by atoms with Crippen molar-refractivity contribution < 1.29 is 19.2 Å². The zero-order chi connectivity index (χ0) is 18.7. The first-order chi connectivity index (χ1) is 12.5. The fourth-order valence-corrected chi connectivity index (χ4v) is 2.89. The summed E-state index contributed by atoms with van der Waals surface area (Å²) in [5.74, 6) is 0.792. The first-order valence-electron chi connectivity index (χ1n) is 8.16. The zero-order valence-electron chi connectivity index (χ0n) is 14.6. The van der Waals surface area contributed by atoms with E-state index in [0.717, 1.165) is 10.6 Å². The lowest BCUT2D eigenvalue weighted by Gasteiger charge is -2.22. The molecule has 0 saturated carbocycles. The summed E-state index contributed by atoms with van der Waals surface area (Å²) in [6.07, 6.45) is 0.110. The average Bonchev–Trinajstić information content (AvgIpc) is 2.81. The largest absolute Gasteiger partial charge is 0.455 e. The summed E-state index contributed by atoms with van der Waals surface area (Å²) >= 11 is 6.13. The molecular formula is C19H19ClN2O4. The molecule has 2 amide bonds. The Morgan fingerprint density at radius 3 is 2.73 bits per heavy atom. The molecule has 1 heterocycles. The van der Waals surface area contributed by atoms with Crippen LogP contribution in [-0.4, -0.2) is 31.0 Å². The molecule has 0 unspecified atom stereocenters. The lowest BCUT2D eigenvalue weighted by atomic mass is 10.1. The van der Waals surface area contributed by atoms with Gasteiger partial charge in [0.1, 0.15) is 5.75 Å². The number of benzene rings is 2. The number of fused-ring (bicyclic) bond motifs is 2. The molecule has 6 nitrogen and oxygen atoms in total. The third kappa shape index (κ3) is 3.81. The minimum Gasteiger partial charge on any atom is -0.455 e. The number of carbonyl (C=O) groups is 2. The highest BCUT2D eigenvalue weighted by Crippen LogP contribution is 2.40. The second-order valence-corrected chi connectivity index (χ2v) is 6.31. The summed E-state index contributed by atoms with van der Waals surface area (Å²) in [5.41, 5.74) is 1.47. The van der Waals surface area contributed by atoms with Crippen LogP contribution >= 0.6 is 11.6 Å². The highest BCUT2D eigenvalue weighted by atomic mass is 35.5. The van der Waals surface area contributed by atoms with Crippen LogP contribution in [-0.2, 0) is 21.0 Å². The van der Waals surface area contributed by atoms with Crippen molar-refractivity contribution in [2.45, 2.75) is 19.4 Å². The van der Waals surface area contributed by atoms with Gasteiger partial charge in [0.2, 0.25) is 11.8 Å². The number of nitrogens with zero attached hydrogens (tertiary/aromatic N) is 2. The summed E-state index contributed by atoms with van der Waals surface area (Å²) in [6, 6.07) is 12.7. The van der Waals surface area contributed by atoms with Gasteiger partial charge in [-0.2, -0.15) is 0 Å².